The Labute approximate surface area is 110 Å². The predicted molar refractivity (Wildman–Crippen MR) is 66.6 cm³/mol. The van der Waals surface area contributed by atoms with Gasteiger partial charge < -0.3 is 9.47 Å². The Balaban J connectivity index is 3.24. The molecular weight excluding hydrogens is 280 g/mol. The van der Waals surface area contributed by atoms with Crippen LogP contribution in [-0.4, -0.2) is 28.1 Å². The van der Waals surface area contributed by atoms with Crippen LogP contribution in [-0.2, 0) is 13.8 Å². The van der Waals surface area contributed by atoms with E-state index in [1.165, 1.54) is 25.3 Å². The molecule has 0 atom stereocenters. The van der Waals surface area contributed by atoms with Crippen LogP contribution in [0.1, 0.15) is 23.7 Å². The van der Waals surface area contributed by atoms with Gasteiger partial charge in [-0.25, -0.2) is 13.2 Å². The second-order valence-electron chi connectivity index (χ2n) is 3.44. The number of esters is 1. The average Bonchev–Trinajstić information content (AvgIpc) is 2.34. The molecule has 0 unspecified atom stereocenters. The van der Waals surface area contributed by atoms with Crippen LogP contribution in [0.5, 0.6) is 5.75 Å². The Bertz CT molecular complexity index is 538. The fraction of sp³-hybridized carbons (Fsp3) is 0.364. The summed E-state index contributed by atoms with van der Waals surface area (Å²) in [7, 11) is 2.61. The van der Waals surface area contributed by atoms with E-state index in [1.54, 1.807) is 0 Å². The summed E-state index contributed by atoms with van der Waals surface area (Å²) >= 11 is 0. The number of rotatable bonds is 5. The summed E-state index contributed by atoms with van der Waals surface area (Å²) in [6, 6.07) is 3.75. The number of methoxy groups -OCH3 is 1. The lowest BCUT2D eigenvalue weighted by molar-refractivity contribution is 0.0596. The SMILES string of the molecule is CCCOc1cc(S(=O)(=O)Cl)ccc1C(=O)OC. The molecule has 1 rings (SSSR count). The van der Waals surface area contributed by atoms with Gasteiger partial charge >= 0.3 is 5.97 Å². The predicted octanol–water partition coefficient (Wildman–Crippen LogP) is 2.19. The van der Waals surface area contributed by atoms with Crippen molar-refractivity contribution in [3.63, 3.8) is 0 Å². The van der Waals surface area contributed by atoms with Crippen LogP contribution in [0, 0.1) is 0 Å². The van der Waals surface area contributed by atoms with Crippen molar-refractivity contribution < 1.29 is 22.7 Å². The summed E-state index contributed by atoms with van der Waals surface area (Å²) in [5.41, 5.74) is 0.162. The number of benzene rings is 1. The van der Waals surface area contributed by atoms with E-state index >= 15 is 0 Å². The molecular formula is C11H13ClO5S. The standard InChI is InChI=1S/C11H13ClO5S/c1-3-6-17-10-7-8(18(12,14)15)4-5-9(10)11(13)16-2/h4-5,7H,3,6H2,1-2H3. The lowest BCUT2D eigenvalue weighted by atomic mass is 10.2. The zero-order valence-electron chi connectivity index (χ0n) is 9.97. The first-order valence-electron chi connectivity index (χ1n) is 5.20. The third kappa shape index (κ3) is 3.61. The molecule has 0 saturated carbocycles. The molecule has 0 amide bonds. The van der Waals surface area contributed by atoms with Gasteiger partial charge in [-0.2, -0.15) is 0 Å². The highest BCUT2D eigenvalue weighted by Gasteiger charge is 2.18. The van der Waals surface area contributed by atoms with E-state index < -0.39 is 15.0 Å². The molecule has 0 radical (unpaired) electrons. The summed E-state index contributed by atoms with van der Waals surface area (Å²) in [6.45, 7) is 2.25. The molecule has 7 heteroatoms. The van der Waals surface area contributed by atoms with Gasteiger partial charge in [0.15, 0.2) is 0 Å². The van der Waals surface area contributed by atoms with Crippen LogP contribution in [0.3, 0.4) is 0 Å². The molecule has 0 spiro atoms. The maximum atomic E-state index is 11.5. The van der Waals surface area contributed by atoms with Crippen LogP contribution in [0.4, 0.5) is 0 Å². The fourth-order valence-electron chi connectivity index (χ4n) is 1.26. The van der Waals surface area contributed by atoms with Crippen molar-refractivity contribution in [3.05, 3.63) is 23.8 Å². The van der Waals surface area contributed by atoms with Crippen molar-refractivity contribution in [3.8, 4) is 5.75 Å². The van der Waals surface area contributed by atoms with Crippen LogP contribution >= 0.6 is 10.7 Å². The number of halogens is 1. The smallest absolute Gasteiger partial charge is 0.341 e. The molecule has 0 heterocycles. The molecule has 18 heavy (non-hydrogen) atoms. The van der Waals surface area contributed by atoms with E-state index in [4.69, 9.17) is 15.4 Å². The highest BCUT2D eigenvalue weighted by Crippen LogP contribution is 2.26. The van der Waals surface area contributed by atoms with E-state index in [1.807, 2.05) is 6.92 Å². The number of hydrogen-bond donors (Lipinski definition) is 0. The largest absolute Gasteiger partial charge is 0.493 e. The molecule has 0 bridgehead atoms. The normalized spacial score (nSPS) is 11.1. The second-order valence-corrected chi connectivity index (χ2v) is 6.00. The molecule has 1 aromatic carbocycles. The third-order valence-electron chi connectivity index (χ3n) is 2.10. The lowest BCUT2D eigenvalue weighted by Gasteiger charge is -2.10. The fourth-order valence-corrected chi connectivity index (χ4v) is 2.03. The van der Waals surface area contributed by atoms with Crippen molar-refractivity contribution in [2.75, 3.05) is 13.7 Å². The van der Waals surface area contributed by atoms with Gasteiger partial charge in [0.1, 0.15) is 11.3 Å². The zero-order valence-corrected chi connectivity index (χ0v) is 11.5. The van der Waals surface area contributed by atoms with E-state index in [0.717, 1.165) is 6.42 Å². The van der Waals surface area contributed by atoms with Gasteiger partial charge in [0.25, 0.3) is 9.05 Å². The minimum atomic E-state index is -3.86. The Morgan fingerprint density at radius 2 is 2.06 bits per heavy atom. The van der Waals surface area contributed by atoms with E-state index in [2.05, 4.69) is 4.74 Å². The Morgan fingerprint density at radius 1 is 1.39 bits per heavy atom. The second kappa shape index (κ2) is 6.06. The quantitative estimate of drug-likeness (QED) is 0.614. The van der Waals surface area contributed by atoms with Gasteiger partial charge in [-0.15, -0.1) is 0 Å². The monoisotopic (exact) mass is 292 g/mol. The molecule has 0 N–H and O–H groups in total. The number of carbonyl (C=O) groups excluding carboxylic acids is 1. The van der Waals surface area contributed by atoms with Crippen molar-refractivity contribution in [1.29, 1.82) is 0 Å². The summed E-state index contributed by atoms with van der Waals surface area (Å²) in [6.07, 6.45) is 0.721. The summed E-state index contributed by atoms with van der Waals surface area (Å²) < 4.78 is 32.3. The van der Waals surface area contributed by atoms with Gasteiger partial charge in [0.2, 0.25) is 0 Å². The van der Waals surface area contributed by atoms with Crippen LogP contribution in [0.15, 0.2) is 23.1 Å². The lowest BCUT2D eigenvalue weighted by Crippen LogP contribution is -2.07. The van der Waals surface area contributed by atoms with E-state index in [9.17, 15) is 13.2 Å². The molecule has 0 aliphatic rings. The maximum absolute atomic E-state index is 11.5. The first-order valence-corrected chi connectivity index (χ1v) is 7.51. The Kier molecular flexibility index (Phi) is 4.98. The van der Waals surface area contributed by atoms with Crippen molar-refractivity contribution in [2.24, 2.45) is 0 Å². The van der Waals surface area contributed by atoms with Crippen molar-refractivity contribution >= 4 is 25.7 Å². The molecule has 0 fully saturated rings. The molecule has 0 aliphatic heterocycles. The number of ether oxygens (including phenoxy) is 2. The van der Waals surface area contributed by atoms with Gasteiger partial charge in [0.05, 0.1) is 18.6 Å². The Morgan fingerprint density at radius 3 is 2.56 bits per heavy atom. The maximum Gasteiger partial charge on any atom is 0.341 e. The molecule has 0 saturated heterocycles. The van der Waals surface area contributed by atoms with Crippen LogP contribution < -0.4 is 4.74 Å². The molecule has 100 valence electrons. The van der Waals surface area contributed by atoms with Gasteiger partial charge in [-0.1, -0.05) is 6.92 Å². The van der Waals surface area contributed by atoms with Gasteiger partial charge in [-0.05, 0) is 18.6 Å². The first-order chi connectivity index (χ1) is 8.40. The highest BCUT2D eigenvalue weighted by molar-refractivity contribution is 8.13. The van der Waals surface area contributed by atoms with Crippen LogP contribution in [0.2, 0.25) is 0 Å². The first kappa shape index (κ1) is 14.8. The van der Waals surface area contributed by atoms with Gasteiger partial charge in [-0.3, -0.25) is 0 Å². The van der Waals surface area contributed by atoms with Crippen molar-refractivity contribution in [1.82, 2.24) is 0 Å². The third-order valence-corrected chi connectivity index (χ3v) is 3.45. The average molecular weight is 293 g/mol. The molecule has 0 aromatic heterocycles. The van der Waals surface area contributed by atoms with E-state index in [0.29, 0.717) is 6.61 Å². The summed E-state index contributed by atoms with van der Waals surface area (Å²) in [5, 5.41) is 0. The molecule has 0 aliphatic carbocycles. The summed E-state index contributed by atoms with van der Waals surface area (Å²) in [5.74, 6) is -0.454. The molecule has 5 nitrogen and oxygen atoms in total. The number of hydrogen-bond acceptors (Lipinski definition) is 5. The topological polar surface area (TPSA) is 69.7 Å². The van der Waals surface area contributed by atoms with Crippen LogP contribution in [0.25, 0.3) is 0 Å². The molecule has 1 aromatic rings. The number of carbonyl (C=O) groups is 1. The highest BCUT2D eigenvalue weighted by atomic mass is 35.7. The summed E-state index contributed by atoms with van der Waals surface area (Å²) in [4.78, 5) is 11.4. The van der Waals surface area contributed by atoms with Gasteiger partial charge in [0, 0.05) is 16.7 Å². The minimum Gasteiger partial charge on any atom is -0.493 e. The zero-order chi connectivity index (χ0) is 13.8. The Hall–Kier alpha value is -1.27. The van der Waals surface area contributed by atoms with Crippen molar-refractivity contribution in [2.45, 2.75) is 18.2 Å². The minimum absolute atomic E-state index is 0.122. The van der Waals surface area contributed by atoms with E-state index in [-0.39, 0.29) is 16.2 Å².